The van der Waals surface area contributed by atoms with E-state index in [-0.39, 0.29) is 17.6 Å². The number of carbonyl (C=O) groups excluding carboxylic acids is 1. The van der Waals surface area contributed by atoms with E-state index in [1.807, 2.05) is 6.92 Å². The van der Waals surface area contributed by atoms with Crippen LogP contribution in [0.15, 0.2) is 30.3 Å². The van der Waals surface area contributed by atoms with E-state index < -0.39 is 4.92 Å². The lowest BCUT2D eigenvalue weighted by atomic mass is 10.1. The Bertz CT molecular complexity index is 542. The molecular formula is C14H17N3O3. The van der Waals surface area contributed by atoms with Crippen LogP contribution in [0.3, 0.4) is 0 Å². The molecule has 0 bridgehead atoms. The van der Waals surface area contributed by atoms with Crippen LogP contribution >= 0.6 is 0 Å². The predicted molar refractivity (Wildman–Crippen MR) is 76.2 cm³/mol. The van der Waals surface area contributed by atoms with Crippen molar-refractivity contribution in [3.8, 4) is 0 Å². The minimum absolute atomic E-state index is 0.00455. The number of nitro benzene ring substituents is 1. The van der Waals surface area contributed by atoms with E-state index >= 15 is 0 Å². The van der Waals surface area contributed by atoms with Crippen molar-refractivity contribution < 1.29 is 9.72 Å². The molecule has 0 spiro atoms. The summed E-state index contributed by atoms with van der Waals surface area (Å²) in [6.45, 7) is 4.17. The van der Waals surface area contributed by atoms with E-state index in [2.05, 4.69) is 5.32 Å². The minimum atomic E-state index is -0.447. The summed E-state index contributed by atoms with van der Waals surface area (Å²) in [7, 11) is 0. The second-order valence-corrected chi connectivity index (χ2v) is 4.73. The Kier molecular flexibility index (Phi) is 4.47. The Morgan fingerprint density at radius 2 is 2.25 bits per heavy atom. The first-order valence-corrected chi connectivity index (χ1v) is 6.52. The van der Waals surface area contributed by atoms with Gasteiger partial charge >= 0.3 is 0 Å². The zero-order valence-corrected chi connectivity index (χ0v) is 11.3. The van der Waals surface area contributed by atoms with Gasteiger partial charge in [0.25, 0.3) is 5.69 Å². The fourth-order valence-corrected chi connectivity index (χ4v) is 2.22. The summed E-state index contributed by atoms with van der Waals surface area (Å²) in [6.07, 6.45) is 2.92. The van der Waals surface area contributed by atoms with Gasteiger partial charge in [-0.2, -0.15) is 0 Å². The smallest absolute Gasteiger partial charge is 0.276 e. The number of carbonyl (C=O) groups is 1. The molecule has 1 N–H and O–H groups in total. The maximum Gasteiger partial charge on any atom is 0.276 e. The van der Waals surface area contributed by atoms with Crippen molar-refractivity contribution in [3.63, 3.8) is 0 Å². The second-order valence-electron chi connectivity index (χ2n) is 4.73. The average molecular weight is 275 g/mol. The maximum absolute atomic E-state index is 12.1. The number of benzene rings is 1. The largest absolute Gasteiger partial charge is 0.334 e. The summed E-state index contributed by atoms with van der Waals surface area (Å²) in [5.74, 6) is -0.114. The van der Waals surface area contributed by atoms with E-state index in [1.54, 1.807) is 23.1 Å². The Morgan fingerprint density at radius 1 is 1.50 bits per heavy atom. The minimum Gasteiger partial charge on any atom is -0.334 e. The van der Waals surface area contributed by atoms with Gasteiger partial charge in [-0.25, -0.2) is 0 Å². The molecule has 1 aromatic carbocycles. The van der Waals surface area contributed by atoms with Crippen LogP contribution < -0.4 is 5.32 Å². The van der Waals surface area contributed by atoms with Gasteiger partial charge in [-0.05, 0) is 19.1 Å². The highest BCUT2D eigenvalue weighted by molar-refractivity contribution is 5.92. The summed E-state index contributed by atoms with van der Waals surface area (Å²) < 4.78 is 0. The molecule has 6 nitrogen and oxygen atoms in total. The van der Waals surface area contributed by atoms with E-state index in [0.29, 0.717) is 12.1 Å². The van der Waals surface area contributed by atoms with Gasteiger partial charge in [0.15, 0.2) is 0 Å². The third-order valence-corrected chi connectivity index (χ3v) is 3.32. The lowest BCUT2D eigenvalue weighted by Crippen LogP contribution is -2.51. The van der Waals surface area contributed by atoms with Gasteiger partial charge < -0.3 is 10.2 Å². The Balaban J connectivity index is 2.13. The maximum atomic E-state index is 12.1. The third kappa shape index (κ3) is 3.21. The summed E-state index contributed by atoms with van der Waals surface area (Å²) in [5, 5.41) is 14.1. The summed E-state index contributed by atoms with van der Waals surface area (Å²) in [4.78, 5) is 24.3. The second kappa shape index (κ2) is 6.29. The molecule has 1 heterocycles. The molecular weight excluding hydrogens is 258 g/mol. The van der Waals surface area contributed by atoms with E-state index in [9.17, 15) is 14.9 Å². The first-order valence-electron chi connectivity index (χ1n) is 6.52. The fraction of sp³-hybridized carbons (Fsp3) is 0.357. The molecule has 20 heavy (non-hydrogen) atoms. The molecule has 0 unspecified atom stereocenters. The van der Waals surface area contributed by atoms with Gasteiger partial charge in [0, 0.05) is 37.8 Å². The number of nitro groups is 1. The third-order valence-electron chi connectivity index (χ3n) is 3.32. The monoisotopic (exact) mass is 275 g/mol. The van der Waals surface area contributed by atoms with Crippen LogP contribution in [0.4, 0.5) is 5.69 Å². The Morgan fingerprint density at radius 3 is 2.95 bits per heavy atom. The van der Waals surface area contributed by atoms with Gasteiger partial charge in [-0.3, -0.25) is 14.9 Å². The van der Waals surface area contributed by atoms with Crippen molar-refractivity contribution in [2.75, 3.05) is 19.6 Å². The number of nitrogens with zero attached hydrogens (tertiary/aromatic N) is 2. The van der Waals surface area contributed by atoms with E-state index in [0.717, 1.165) is 13.1 Å². The number of amides is 1. The van der Waals surface area contributed by atoms with Gasteiger partial charge in [-0.15, -0.1) is 0 Å². The van der Waals surface area contributed by atoms with Crippen LogP contribution in [0.25, 0.3) is 6.08 Å². The average Bonchev–Trinajstić information content (AvgIpc) is 2.45. The lowest BCUT2D eigenvalue weighted by molar-refractivity contribution is -0.385. The molecule has 2 rings (SSSR count). The molecule has 1 aliphatic heterocycles. The summed E-state index contributed by atoms with van der Waals surface area (Å²) in [5.41, 5.74) is 0.443. The van der Waals surface area contributed by atoms with E-state index in [4.69, 9.17) is 0 Å². The van der Waals surface area contributed by atoms with Gasteiger partial charge in [0.05, 0.1) is 10.5 Å². The van der Waals surface area contributed by atoms with Crippen molar-refractivity contribution in [1.29, 1.82) is 0 Å². The SMILES string of the molecule is C[C@H]1CNCCN1C(=O)/C=C/c1ccccc1[N+](=O)[O-]. The quantitative estimate of drug-likeness (QED) is 0.514. The van der Waals surface area contributed by atoms with Crippen LogP contribution in [0.1, 0.15) is 12.5 Å². The topological polar surface area (TPSA) is 75.5 Å². The number of hydrogen-bond acceptors (Lipinski definition) is 4. The summed E-state index contributed by atoms with van der Waals surface area (Å²) >= 11 is 0. The predicted octanol–water partition coefficient (Wildman–Crippen LogP) is 1.43. The normalized spacial score (nSPS) is 19.2. The highest BCUT2D eigenvalue weighted by atomic mass is 16.6. The molecule has 0 radical (unpaired) electrons. The molecule has 1 fully saturated rings. The highest BCUT2D eigenvalue weighted by Crippen LogP contribution is 2.19. The number of piperazine rings is 1. The molecule has 0 aromatic heterocycles. The van der Waals surface area contributed by atoms with Crippen molar-refractivity contribution in [2.45, 2.75) is 13.0 Å². The standard InChI is InChI=1S/C14H17N3O3/c1-11-10-15-8-9-16(11)14(18)7-6-12-4-2-3-5-13(12)17(19)20/h2-7,11,15H,8-10H2,1H3/b7-6+/t11-/m0/s1. The Hall–Kier alpha value is -2.21. The fourth-order valence-electron chi connectivity index (χ4n) is 2.22. The van der Waals surface area contributed by atoms with Gasteiger partial charge in [0.2, 0.25) is 5.91 Å². The molecule has 1 aliphatic rings. The van der Waals surface area contributed by atoms with Crippen molar-refractivity contribution in [1.82, 2.24) is 10.2 Å². The van der Waals surface area contributed by atoms with Crippen LogP contribution in [-0.2, 0) is 4.79 Å². The van der Waals surface area contributed by atoms with Gasteiger partial charge in [0.1, 0.15) is 0 Å². The molecule has 1 aromatic rings. The zero-order chi connectivity index (χ0) is 14.5. The molecule has 1 amide bonds. The van der Waals surface area contributed by atoms with Crippen molar-refractivity contribution in [3.05, 3.63) is 46.0 Å². The number of hydrogen-bond donors (Lipinski definition) is 1. The molecule has 1 atom stereocenters. The number of rotatable bonds is 3. The Labute approximate surface area is 117 Å². The highest BCUT2D eigenvalue weighted by Gasteiger charge is 2.21. The molecule has 106 valence electrons. The van der Waals surface area contributed by atoms with E-state index in [1.165, 1.54) is 18.2 Å². The van der Waals surface area contributed by atoms with Crippen LogP contribution in [0.5, 0.6) is 0 Å². The zero-order valence-electron chi connectivity index (χ0n) is 11.3. The number of para-hydroxylation sites is 1. The molecule has 6 heteroatoms. The molecule has 0 saturated carbocycles. The van der Waals surface area contributed by atoms with Crippen molar-refractivity contribution in [2.24, 2.45) is 0 Å². The summed E-state index contributed by atoms with van der Waals surface area (Å²) in [6, 6.07) is 6.51. The van der Waals surface area contributed by atoms with Crippen LogP contribution in [-0.4, -0.2) is 41.4 Å². The first-order chi connectivity index (χ1) is 9.59. The van der Waals surface area contributed by atoms with Crippen LogP contribution in [0, 0.1) is 10.1 Å². The first kappa shape index (κ1) is 14.2. The molecule has 1 saturated heterocycles. The van der Waals surface area contributed by atoms with Crippen LogP contribution in [0.2, 0.25) is 0 Å². The van der Waals surface area contributed by atoms with Crippen molar-refractivity contribution >= 4 is 17.7 Å². The number of nitrogens with one attached hydrogen (secondary N) is 1. The lowest BCUT2D eigenvalue weighted by Gasteiger charge is -2.33. The van der Waals surface area contributed by atoms with Gasteiger partial charge in [-0.1, -0.05) is 12.1 Å². The molecule has 0 aliphatic carbocycles.